The topological polar surface area (TPSA) is 60.5 Å². The molecule has 0 radical (unpaired) electrons. The van der Waals surface area contributed by atoms with E-state index in [9.17, 15) is 4.79 Å². The lowest BCUT2D eigenvalue weighted by Crippen LogP contribution is -2.41. The van der Waals surface area contributed by atoms with Gasteiger partial charge < -0.3 is 14.8 Å². The van der Waals surface area contributed by atoms with Crippen LogP contribution in [0.2, 0.25) is 5.02 Å². The molecule has 30 heavy (non-hydrogen) atoms. The third kappa shape index (κ3) is 4.18. The van der Waals surface area contributed by atoms with Crippen LogP contribution in [0.5, 0.6) is 5.88 Å². The number of methoxy groups -OCH3 is 1. The van der Waals surface area contributed by atoms with Gasteiger partial charge in [-0.3, -0.25) is 4.79 Å². The second-order valence-corrected chi connectivity index (χ2v) is 7.83. The van der Waals surface area contributed by atoms with Gasteiger partial charge in [-0.15, -0.1) is 0 Å². The largest absolute Gasteiger partial charge is 0.475 e. The van der Waals surface area contributed by atoms with Crippen LogP contribution in [-0.4, -0.2) is 31.2 Å². The lowest BCUT2D eigenvalue weighted by Gasteiger charge is -2.28. The zero-order valence-corrected chi connectivity index (χ0v) is 17.5. The summed E-state index contributed by atoms with van der Waals surface area (Å²) < 4.78 is 10.5. The quantitative estimate of drug-likeness (QED) is 0.572. The van der Waals surface area contributed by atoms with Gasteiger partial charge in [0.15, 0.2) is 0 Å². The Balaban J connectivity index is 1.57. The Morgan fingerprint density at radius 2 is 1.73 bits per heavy atom. The van der Waals surface area contributed by atoms with E-state index >= 15 is 0 Å². The molecule has 0 fully saturated rings. The number of halogens is 1. The number of rotatable bonds is 7. The second kappa shape index (κ2) is 8.86. The highest BCUT2D eigenvalue weighted by atomic mass is 35.5. The van der Waals surface area contributed by atoms with Crippen molar-refractivity contribution in [3.05, 3.63) is 88.6 Å². The van der Waals surface area contributed by atoms with Gasteiger partial charge >= 0.3 is 0 Å². The van der Waals surface area contributed by atoms with Crippen LogP contribution >= 0.6 is 11.6 Å². The predicted molar refractivity (Wildman–Crippen MR) is 117 cm³/mol. The van der Waals surface area contributed by atoms with Crippen molar-refractivity contribution >= 4 is 23.2 Å². The van der Waals surface area contributed by atoms with Gasteiger partial charge in [-0.1, -0.05) is 48.0 Å². The van der Waals surface area contributed by atoms with E-state index in [-0.39, 0.29) is 5.91 Å². The Hall–Kier alpha value is -2.89. The molecule has 1 aliphatic rings. The number of aromatic nitrogens is 1. The van der Waals surface area contributed by atoms with E-state index in [1.807, 2.05) is 36.4 Å². The highest BCUT2D eigenvalue weighted by Gasteiger charge is 2.45. The fraction of sp³-hybridized carbons (Fsp3) is 0.250. The smallest absolute Gasteiger partial charge is 0.235 e. The lowest BCUT2D eigenvalue weighted by molar-refractivity contribution is -0.121. The molecule has 1 amide bonds. The average molecular weight is 423 g/mol. The number of ether oxygens (including phenoxy) is 2. The van der Waals surface area contributed by atoms with Gasteiger partial charge in [-0.25, -0.2) is 4.98 Å². The summed E-state index contributed by atoms with van der Waals surface area (Å²) in [6, 6.07) is 19.3. The van der Waals surface area contributed by atoms with Crippen LogP contribution in [0.4, 0.5) is 5.69 Å². The van der Waals surface area contributed by atoms with Crippen LogP contribution in [0, 0.1) is 0 Å². The van der Waals surface area contributed by atoms with Gasteiger partial charge in [0.05, 0.1) is 23.9 Å². The van der Waals surface area contributed by atoms with E-state index < -0.39 is 5.41 Å². The molecule has 3 aromatic rings. The van der Waals surface area contributed by atoms with Crippen LogP contribution in [-0.2, 0) is 27.8 Å². The van der Waals surface area contributed by atoms with E-state index in [4.69, 9.17) is 21.1 Å². The molecule has 1 N–H and O–H groups in total. The molecule has 1 aromatic heterocycles. The Labute approximate surface area is 181 Å². The Kier molecular flexibility index (Phi) is 6.02. The molecule has 5 nitrogen and oxygen atoms in total. The number of nitrogens with one attached hydrogen (secondary N) is 1. The van der Waals surface area contributed by atoms with Gasteiger partial charge in [-0.2, -0.15) is 0 Å². The van der Waals surface area contributed by atoms with Gasteiger partial charge in [0, 0.05) is 18.2 Å². The van der Waals surface area contributed by atoms with Crippen molar-refractivity contribution < 1.29 is 14.3 Å². The van der Waals surface area contributed by atoms with E-state index in [2.05, 4.69) is 22.4 Å². The number of carbonyl (C=O) groups is 1. The van der Waals surface area contributed by atoms with Crippen molar-refractivity contribution in [1.29, 1.82) is 0 Å². The van der Waals surface area contributed by atoms with Crippen molar-refractivity contribution in [2.75, 3.05) is 25.6 Å². The maximum Gasteiger partial charge on any atom is 0.235 e. The number of hydrogen-bond acceptors (Lipinski definition) is 4. The third-order valence-corrected chi connectivity index (χ3v) is 5.72. The fourth-order valence-electron chi connectivity index (χ4n) is 3.90. The van der Waals surface area contributed by atoms with Gasteiger partial charge in [0.1, 0.15) is 6.61 Å². The van der Waals surface area contributed by atoms with Crippen molar-refractivity contribution in [2.24, 2.45) is 0 Å². The predicted octanol–water partition coefficient (Wildman–Crippen LogP) is 4.44. The van der Waals surface area contributed by atoms with E-state index in [0.717, 1.165) is 5.56 Å². The van der Waals surface area contributed by atoms with Crippen molar-refractivity contribution in [3.8, 4) is 5.88 Å². The van der Waals surface area contributed by atoms with Gasteiger partial charge in [0.25, 0.3) is 0 Å². The molecule has 0 atom stereocenters. The van der Waals surface area contributed by atoms with Crippen molar-refractivity contribution in [1.82, 2.24) is 4.98 Å². The molecule has 154 valence electrons. The minimum atomic E-state index is -0.693. The fourth-order valence-corrected chi connectivity index (χ4v) is 4.03. The number of fused-ring (bicyclic) bond motifs is 1. The molecule has 1 heterocycles. The van der Waals surface area contributed by atoms with Crippen molar-refractivity contribution in [2.45, 2.75) is 18.3 Å². The summed E-state index contributed by atoms with van der Waals surface area (Å²) in [6.45, 7) is 0.914. The minimum absolute atomic E-state index is 0.0594. The number of nitrogens with zero attached hydrogens (tertiary/aromatic N) is 1. The first-order valence-electron chi connectivity index (χ1n) is 9.83. The molecule has 0 saturated carbocycles. The monoisotopic (exact) mass is 422 g/mol. The first kappa shape index (κ1) is 20.4. The molecule has 0 aliphatic heterocycles. The van der Waals surface area contributed by atoms with Crippen LogP contribution in [0.15, 0.2) is 66.9 Å². The summed E-state index contributed by atoms with van der Waals surface area (Å²) in [5.41, 5.74) is 3.28. The molecule has 0 unspecified atom stereocenters. The SMILES string of the molecule is COCCOc1ccc(NC(=O)C2(c3ccc(Cl)cc3)Cc3ccccc3C2)cn1. The Bertz CT molecular complexity index is 994. The molecule has 4 rings (SSSR count). The number of carbonyl (C=O) groups excluding carboxylic acids is 1. The van der Waals surface area contributed by atoms with E-state index in [1.54, 1.807) is 25.4 Å². The van der Waals surface area contributed by atoms with Crippen LogP contribution in [0.1, 0.15) is 16.7 Å². The molecule has 2 aromatic carbocycles. The summed E-state index contributed by atoms with van der Waals surface area (Å²) in [5.74, 6) is 0.432. The zero-order valence-electron chi connectivity index (χ0n) is 16.7. The summed E-state index contributed by atoms with van der Waals surface area (Å²) in [6.07, 6.45) is 2.89. The number of anilines is 1. The summed E-state index contributed by atoms with van der Waals surface area (Å²) in [4.78, 5) is 17.8. The number of benzene rings is 2. The molecule has 1 aliphatic carbocycles. The van der Waals surface area contributed by atoms with Gasteiger partial charge in [0.2, 0.25) is 11.8 Å². The highest BCUT2D eigenvalue weighted by molar-refractivity contribution is 6.30. The second-order valence-electron chi connectivity index (χ2n) is 7.39. The van der Waals surface area contributed by atoms with Gasteiger partial charge in [-0.05, 0) is 47.7 Å². The third-order valence-electron chi connectivity index (χ3n) is 5.47. The first-order chi connectivity index (χ1) is 14.6. The highest BCUT2D eigenvalue weighted by Crippen LogP contribution is 2.41. The normalized spacial score (nSPS) is 14.2. The lowest BCUT2D eigenvalue weighted by atomic mass is 9.76. The minimum Gasteiger partial charge on any atom is -0.475 e. The Morgan fingerprint density at radius 3 is 2.33 bits per heavy atom. The maximum absolute atomic E-state index is 13.6. The maximum atomic E-state index is 13.6. The average Bonchev–Trinajstić information content (AvgIpc) is 3.16. The van der Waals surface area contributed by atoms with Crippen LogP contribution < -0.4 is 10.1 Å². The summed E-state index contributed by atoms with van der Waals surface area (Å²) in [5, 5.41) is 3.70. The molecule has 6 heteroatoms. The van der Waals surface area contributed by atoms with E-state index in [0.29, 0.717) is 42.6 Å². The van der Waals surface area contributed by atoms with Crippen molar-refractivity contribution in [3.63, 3.8) is 0 Å². The molecular formula is C24H23ClN2O3. The van der Waals surface area contributed by atoms with E-state index in [1.165, 1.54) is 11.1 Å². The first-order valence-corrected chi connectivity index (χ1v) is 10.2. The summed E-state index contributed by atoms with van der Waals surface area (Å²) >= 11 is 6.09. The number of pyridine rings is 1. The molecule has 0 spiro atoms. The number of amides is 1. The zero-order chi connectivity index (χ0) is 21.0. The Morgan fingerprint density at radius 1 is 1.03 bits per heavy atom. The van der Waals surface area contributed by atoms with Crippen LogP contribution in [0.3, 0.4) is 0 Å². The standard InChI is InChI=1S/C24H23ClN2O3/c1-29-12-13-30-22-11-10-21(16-26-22)27-23(28)24(19-6-8-20(25)9-7-19)14-17-4-2-3-5-18(17)15-24/h2-11,16H,12-15H2,1H3,(H,27,28). The molecule has 0 saturated heterocycles. The molecule has 0 bridgehead atoms. The molecular weight excluding hydrogens is 400 g/mol. The van der Waals surface area contributed by atoms with Crippen LogP contribution in [0.25, 0.3) is 0 Å². The summed E-state index contributed by atoms with van der Waals surface area (Å²) in [7, 11) is 1.62. The number of hydrogen-bond donors (Lipinski definition) is 1.